The second-order valence-corrected chi connectivity index (χ2v) is 0. The number of hydrogen-bond acceptors (Lipinski definition) is 0. The van der Waals surface area contributed by atoms with Gasteiger partial charge in [-0.25, -0.2) is 0 Å². The average Bonchev–Trinajstić information content (AvgIpc) is 0. The quantitative estimate of drug-likeness (QED) is 0.316. The van der Waals surface area contributed by atoms with Crippen molar-refractivity contribution in [2.24, 2.45) is 0 Å². The van der Waals surface area contributed by atoms with Gasteiger partial charge in [-0.3, -0.25) is 0 Å². The fourth-order valence-corrected chi connectivity index (χ4v) is 0. The molecule has 5 nitrogen and oxygen atoms in total. The van der Waals surface area contributed by atoms with Gasteiger partial charge >= 0.3 is 0 Å². The molecular weight excluding hydrogens is 125 g/mol. The summed E-state index contributed by atoms with van der Waals surface area (Å²) in [6.45, 7) is 0. The third-order valence-corrected chi connectivity index (χ3v) is 0. The minimum Gasteiger partial charge on any atom is -0.412 e. The Balaban J connectivity index is 0. The molecule has 1 radical (unpaired) electrons. The van der Waals surface area contributed by atoms with Crippen LogP contribution in [0.2, 0.25) is 0 Å². The second kappa shape index (κ2) is 275. The molecule has 0 aromatic carbocycles. The van der Waals surface area contributed by atoms with Crippen LogP contribution in [0.25, 0.3) is 0 Å². The van der Waals surface area contributed by atoms with Crippen LogP contribution in [0.1, 0.15) is 0 Å². The van der Waals surface area contributed by atoms with Gasteiger partial charge in [0, 0.05) is 25.8 Å². The van der Waals surface area contributed by atoms with Crippen LogP contribution in [0.5, 0.6) is 0 Å². The Kier molecular flexibility index (Phi) is 21900. The molecule has 6 heteroatoms. The van der Waals surface area contributed by atoms with Crippen LogP contribution in [0.3, 0.4) is 0 Å². The monoisotopic (exact) mass is 135 g/mol. The van der Waals surface area contributed by atoms with Gasteiger partial charge in [0.2, 0.25) is 0 Å². The van der Waals surface area contributed by atoms with Crippen molar-refractivity contribution in [3.63, 3.8) is 0 Å². The van der Waals surface area contributed by atoms with E-state index < -0.39 is 0 Å². The molecule has 0 atom stereocenters. The van der Waals surface area contributed by atoms with E-state index in [1.54, 1.807) is 0 Å². The number of rotatable bonds is 0. The summed E-state index contributed by atoms with van der Waals surface area (Å²) in [4.78, 5) is 0. The van der Waals surface area contributed by atoms with Crippen molar-refractivity contribution in [3.8, 4) is 0 Å². The first-order valence-electron chi connectivity index (χ1n) is 0. The van der Waals surface area contributed by atoms with Gasteiger partial charge in [0.05, 0.1) is 0 Å². The maximum Gasteiger partial charge on any atom is 0 e. The van der Waals surface area contributed by atoms with Crippen LogP contribution in [0.4, 0.5) is 0 Å². The standard InChI is InChI=1S/5H2O.Sc/h5*1H2;. The van der Waals surface area contributed by atoms with Crippen LogP contribution in [0.15, 0.2) is 0 Å². The van der Waals surface area contributed by atoms with Crippen molar-refractivity contribution in [2.45, 2.75) is 0 Å². The van der Waals surface area contributed by atoms with Crippen molar-refractivity contribution < 1.29 is 53.2 Å². The summed E-state index contributed by atoms with van der Waals surface area (Å²) in [6, 6.07) is 0. The molecule has 0 aliphatic rings. The van der Waals surface area contributed by atoms with Gasteiger partial charge in [0.15, 0.2) is 0 Å². The van der Waals surface area contributed by atoms with Crippen LogP contribution < -0.4 is 0 Å². The Morgan fingerprint density at radius 1 is 0.333 bits per heavy atom. The van der Waals surface area contributed by atoms with Gasteiger partial charge in [0.1, 0.15) is 0 Å². The Morgan fingerprint density at radius 3 is 0.333 bits per heavy atom. The predicted octanol–water partition coefficient (Wildman–Crippen LogP) is -4.13. The summed E-state index contributed by atoms with van der Waals surface area (Å²) in [7, 11) is 0. The molecule has 0 aliphatic carbocycles. The normalized spacial score (nSPS) is 0. The zero-order valence-corrected chi connectivity index (χ0v) is 4.88. The molecule has 0 aliphatic heterocycles. The molecule has 0 spiro atoms. The van der Waals surface area contributed by atoms with Crippen LogP contribution in [-0.4, -0.2) is 27.4 Å². The first-order chi connectivity index (χ1) is 0. The molecule has 0 heterocycles. The molecule has 0 fully saturated rings. The fraction of sp³-hybridized carbons (Fsp3) is 0. The van der Waals surface area contributed by atoms with Gasteiger partial charge < -0.3 is 27.4 Å². The molecule has 0 aromatic heterocycles. The van der Waals surface area contributed by atoms with Crippen molar-refractivity contribution in [1.29, 1.82) is 0 Å². The Labute approximate surface area is 53.7 Å². The van der Waals surface area contributed by atoms with Gasteiger partial charge in [-0.05, 0) is 0 Å². The van der Waals surface area contributed by atoms with E-state index >= 15 is 0 Å². The predicted molar refractivity (Wildman–Crippen MR) is 18.1 cm³/mol. The number of hydrogen-bond donors (Lipinski definition) is 0. The minimum atomic E-state index is 0. The van der Waals surface area contributed by atoms with Crippen LogP contribution >= 0.6 is 0 Å². The third kappa shape index (κ3) is 140. The van der Waals surface area contributed by atoms with E-state index in [0.29, 0.717) is 0 Å². The molecular formula is H10O5Sc. The van der Waals surface area contributed by atoms with Crippen molar-refractivity contribution in [1.82, 2.24) is 0 Å². The van der Waals surface area contributed by atoms with Gasteiger partial charge in [-0.15, -0.1) is 0 Å². The largest absolute Gasteiger partial charge is 0.412 e. The Hall–Kier alpha value is 0.670. The Morgan fingerprint density at radius 2 is 0.333 bits per heavy atom. The van der Waals surface area contributed by atoms with E-state index in [4.69, 9.17) is 0 Å². The first kappa shape index (κ1) is 478. The van der Waals surface area contributed by atoms with Crippen molar-refractivity contribution in [3.05, 3.63) is 0 Å². The van der Waals surface area contributed by atoms with E-state index in [2.05, 4.69) is 0 Å². The van der Waals surface area contributed by atoms with Crippen molar-refractivity contribution in [2.75, 3.05) is 0 Å². The van der Waals surface area contributed by atoms with Crippen molar-refractivity contribution >= 4 is 0 Å². The smallest absolute Gasteiger partial charge is 0 e. The molecule has 0 aromatic rings. The summed E-state index contributed by atoms with van der Waals surface area (Å²) in [6.07, 6.45) is 0. The fourth-order valence-electron chi connectivity index (χ4n) is 0. The summed E-state index contributed by atoms with van der Waals surface area (Å²) in [5, 5.41) is 0. The van der Waals surface area contributed by atoms with E-state index in [0.717, 1.165) is 0 Å². The molecule has 0 unspecified atom stereocenters. The van der Waals surface area contributed by atoms with E-state index in [1.807, 2.05) is 0 Å². The summed E-state index contributed by atoms with van der Waals surface area (Å²) in [5.41, 5.74) is 0. The molecule has 0 bridgehead atoms. The van der Waals surface area contributed by atoms with Crippen LogP contribution in [0, 0.1) is 0 Å². The van der Waals surface area contributed by atoms with Gasteiger partial charge in [-0.2, -0.15) is 0 Å². The molecule has 43 valence electrons. The third-order valence-electron chi connectivity index (χ3n) is 0. The zero-order valence-electron chi connectivity index (χ0n) is 3.08. The van der Waals surface area contributed by atoms with Crippen LogP contribution in [-0.2, 0) is 25.8 Å². The maximum atomic E-state index is 0. The summed E-state index contributed by atoms with van der Waals surface area (Å²) >= 11 is 0. The SMILES string of the molecule is O.O.O.O.O.[Sc]. The molecule has 10 N–H and O–H groups in total. The summed E-state index contributed by atoms with van der Waals surface area (Å²) < 4.78 is 0. The minimum absolute atomic E-state index is 0. The maximum absolute atomic E-state index is 0. The van der Waals surface area contributed by atoms with Gasteiger partial charge in [0.25, 0.3) is 0 Å². The second-order valence-electron chi connectivity index (χ2n) is 0. The van der Waals surface area contributed by atoms with E-state index in [9.17, 15) is 0 Å². The van der Waals surface area contributed by atoms with Gasteiger partial charge in [-0.1, -0.05) is 0 Å². The molecule has 0 saturated carbocycles. The van der Waals surface area contributed by atoms with E-state index in [-0.39, 0.29) is 53.2 Å². The molecule has 0 saturated heterocycles. The molecule has 0 rings (SSSR count). The topological polar surface area (TPSA) is 158 Å². The molecule has 0 amide bonds. The zero-order chi connectivity index (χ0) is 0. The Bertz CT molecular complexity index is 3.90. The summed E-state index contributed by atoms with van der Waals surface area (Å²) in [5.74, 6) is 0. The van der Waals surface area contributed by atoms with E-state index in [1.165, 1.54) is 0 Å². The molecule has 6 heavy (non-hydrogen) atoms. The first-order valence-corrected chi connectivity index (χ1v) is 0. The average molecular weight is 135 g/mol.